The first-order valence-corrected chi connectivity index (χ1v) is 17.4. The SMILES string of the molecule is CC[C@H](C)NC(=O)[C@@H](Cc1ccccc1)N(Cc1ccccc1Cl)C(=O)CN(c1ccc(C(C)C)cc1)S(=O)(=O)c1ccccc1. The summed E-state index contributed by atoms with van der Waals surface area (Å²) in [6.45, 7) is 7.48. The van der Waals surface area contributed by atoms with E-state index in [9.17, 15) is 18.0 Å². The minimum atomic E-state index is -4.17. The standard InChI is InChI=1S/C37H42ClN3O4S/c1-5-28(4)39-37(43)35(24-29-14-8-6-9-15-29)40(25-31-16-12-13-19-34(31)38)36(42)26-41(32-22-20-30(21-23-32)27(2)3)46(44,45)33-17-10-7-11-18-33/h6-23,27-28,35H,5,24-26H2,1-4H3,(H,39,43)/t28-,35+/m0/s1. The fraction of sp³-hybridized carbons (Fsp3) is 0.297. The van der Waals surface area contributed by atoms with Crippen LogP contribution in [-0.4, -0.2) is 43.8 Å². The van der Waals surface area contributed by atoms with Gasteiger partial charge in [-0.05, 0) is 66.3 Å². The van der Waals surface area contributed by atoms with Crippen LogP contribution < -0.4 is 9.62 Å². The minimum Gasteiger partial charge on any atom is -0.352 e. The topological polar surface area (TPSA) is 86.8 Å². The first-order valence-electron chi connectivity index (χ1n) is 15.6. The van der Waals surface area contributed by atoms with E-state index < -0.39 is 28.5 Å². The average Bonchev–Trinajstić information content (AvgIpc) is 3.06. The van der Waals surface area contributed by atoms with Crippen molar-refractivity contribution in [3.63, 3.8) is 0 Å². The lowest BCUT2D eigenvalue weighted by atomic mass is 10.0. The Bertz CT molecular complexity index is 1700. The first-order chi connectivity index (χ1) is 22.0. The van der Waals surface area contributed by atoms with Gasteiger partial charge in [-0.15, -0.1) is 0 Å². The van der Waals surface area contributed by atoms with Gasteiger partial charge in [-0.1, -0.05) is 111 Å². The van der Waals surface area contributed by atoms with Crippen LogP contribution in [0.3, 0.4) is 0 Å². The summed E-state index contributed by atoms with van der Waals surface area (Å²) in [5, 5.41) is 3.49. The molecule has 7 nitrogen and oxygen atoms in total. The third-order valence-electron chi connectivity index (χ3n) is 8.03. The Morgan fingerprint density at radius 1 is 0.804 bits per heavy atom. The second-order valence-electron chi connectivity index (χ2n) is 11.7. The third kappa shape index (κ3) is 8.77. The summed E-state index contributed by atoms with van der Waals surface area (Å²) in [6, 6.07) is 30.8. The number of carbonyl (C=O) groups is 2. The molecule has 0 bridgehead atoms. The van der Waals surface area contributed by atoms with Gasteiger partial charge >= 0.3 is 0 Å². The summed E-state index contributed by atoms with van der Waals surface area (Å²) in [7, 11) is -4.17. The van der Waals surface area contributed by atoms with Crippen molar-refractivity contribution in [1.82, 2.24) is 10.2 Å². The van der Waals surface area contributed by atoms with Crippen molar-refractivity contribution in [1.29, 1.82) is 0 Å². The fourth-order valence-corrected chi connectivity index (χ4v) is 6.71. The molecule has 1 N–H and O–H groups in total. The molecule has 0 aliphatic carbocycles. The smallest absolute Gasteiger partial charge is 0.264 e. The lowest BCUT2D eigenvalue weighted by molar-refractivity contribution is -0.140. The van der Waals surface area contributed by atoms with Gasteiger partial charge in [-0.25, -0.2) is 8.42 Å². The second kappa shape index (κ2) is 15.9. The zero-order valence-electron chi connectivity index (χ0n) is 26.8. The van der Waals surface area contributed by atoms with Gasteiger partial charge in [-0.3, -0.25) is 13.9 Å². The zero-order chi connectivity index (χ0) is 33.3. The predicted molar refractivity (Wildman–Crippen MR) is 185 cm³/mol. The van der Waals surface area contributed by atoms with E-state index in [1.807, 2.05) is 62.4 Å². The van der Waals surface area contributed by atoms with E-state index in [-0.39, 0.29) is 35.7 Å². The third-order valence-corrected chi connectivity index (χ3v) is 10.2. The summed E-state index contributed by atoms with van der Waals surface area (Å²) in [4.78, 5) is 30.0. The molecule has 0 radical (unpaired) electrons. The van der Waals surface area contributed by atoms with Crippen molar-refractivity contribution < 1.29 is 18.0 Å². The van der Waals surface area contributed by atoms with E-state index in [0.717, 1.165) is 15.4 Å². The number of rotatable bonds is 14. The van der Waals surface area contributed by atoms with E-state index in [1.54, 1.807) is 48.5 Å². The van der Waals surface area contributed by atoms with E-state index in [4.69, 9.17) is 11.6 Å². The molecule has 0 saturated carbocycles. The molecule has 2 amide bonds. The zero-order valence-corrected chi connectivity index (χ0v) is 28.3. The molecule has 2 atom stereocenters. The molecule has 0 unspecified atom stereocenters. The molecule has 0 aliphatic rings. The second-order valence-corrected chi connectivity index (χ2v) is 14.0. The Morgan fingerprint density at radius 2 is 1.39 bits per heavy atom. The van der Waals surface area contributed by atoms with Crippen molar-refractivity contribution in [2.45, 2.75) is 70.0 Å². The molecule has 4 aromatic carbocycles. The van der Waals surface area contributed by atoms with Crippen LogP contribution in [0.15, 0.2) is 114 Å². The van der Waals surface area contributed by atoms with E-state index in [0.29, 0.717) is 22.7 Å². The van der Waals surface area contributed by atoms with Crippen molar-refractivity contribution in [2.75, 3.05) is 10.8 Å². The highest BCUT2D eigenvalue weighted by Gasteiger charge is 2.35. The van der Waals surface area contributed by atoms with Crippen molar-refractivity contribution in [3.8, 4) is 0 Å². The Hall–Kier alpha value is -4.14. The molecular formula is C37H42ClN3O4S. The lowest BCUT2D eigenvalue weighted by Crippen LogP contribution is -2.54. The molecule has 9 heteroatoms. The van der Waals surface area contributed by atoms with Gasteiger partial charge in [0, 0.05) is 24.0 Å². The van der Waals surface area contributed by atoms with Crippen molar-refractivity contribution >= 4 is 39.1 Å². The lowest BCUT2D eigenvalue weighted by Gasteiger charge is -2.34. The van der Waals surface area contributed by atoms with Crippen LogP contribution in [0.2, 0.25) is 5.02 Å². The number of halogens is 1. The van der Waals surface area contributed by atoms with Gasteiger partial charge in [0.05, 0.1) is 10.6 Å². The molecule has 242 valence electrons. The number of amides is 2. The largest absolute Gasteiger partial charge is 0.352 e. The summed E-state index contributed by atoms with van der Waals surface area (Å²) < 4.78 is 29.4. The minimum absolute atomic E-state index is 0.00937. The maximum Gasteiger partial charge on any atom is 0.264 e. The Morgan fingerprint density at radius 3 is 1.98 bits per heavy atom. The molecule has 4 rings (SSSR count). The summed E-state index contributed by atoms with van der Waals surface area (Å²) in [5.41, 5.74) is 2.90. The molecule has 0 aliphatic heterocycles. The van der Waals surface area contributed by atoms with Gasteiger partial charge in [0.2, 0.25) is 11.8 Å². The molecule has 0 heterocycles. The van der Waals surface area contributed by atoms with Crippen LogP contribution in [0.1, 0.15) is 56.7 Å². The van der Waals surface area contributed by atoms with Gasteiger partial charge in [0.1, 0.15) is 12.6 Å². The Balaban J connectivity index is 1.82. The maximum absolute atomic E-state index is 14.6. The highest BCUT2D eigenvalue weighted by Crippen LogP contribution is 2.27. The summed E-state index contributed by atoms with van der Waals surface area (Å²) >= 11 is 6.57. The van der Waals surface area contributed by atoms with Gasteiger partial charge in [-0.2, -0.15) is 0 Å². The van der Waals surface area contributed by atoms with Crippen LogP contribution >= 0.6 is 11.6 Å². The fourth-order valence-electron chi connectivity index (χ4n) is 5.08. The maximum atomic E-state index is 14.6. The van der Waals surface area contributed by atoms with Crippen molar-refractivity contribution in [3.05, 3.63) is 131 Å². The number of hydrogen-bond acceptors (Lipinski definition) is 4. The number of benzene rings is 4. The van der Waals surface area contributed by atoms with Crippen LogP contribution in [0, 0.1) is 0 Å². The quantitative estimate of drug-likeness (QED) is 0.155. The highest BCUT2D eigenvalue weighted by atomic mass is 35.5. The van der Waals surface area contributed by atoms with E-state index >= 15 is 0 Å². The normalized spacial score (nSPS) is 12.7. The molecule has 0 spiro atoms. The monoisotopic (exact) mass is 659 g/mol. The molecule has 0 fully saturated rings. The van der Waals surface area contributed by atoms with Crippen LogP contribution in [-0.2, 0) is 32.6 Å². The average molecular weight is 660 g/mol. The number of nitrogens with one attached hydrogen (secondary N) is 1. The Labute approximate surface area is 278 Å². The highest BCUT2D eigenvalue weighted by molar-refractivity contribution is 7.92. The number of anilines is 1. The molecular weight excluding hydrogens is 618 g/mol. The molecule has 0 aromatic heterocycles. The number of hydrogen-bond donors (Lipinski definition) is 1. The number of carbonyl (C=O) groups excluding carboxylic acids is 2. The number of sulfonamides is 1. The van der Waals surface area contributed by atoms with Crippen molar-refractivity contribution in [2.24, 2.45) is 0 Å². The van der Waals surface area contributed by atoms with Gasteiger partial charge in [0.25, 0.3) is 10.0 Å². The van der Waals surface area contributed by atoms with Crippen LogP contribution in [0.4, 0.5) is 5.69 Å². The van der Waals surface area contributed by atoms with E-state index in [1.165, 1.54) is 17.0 Å². The van der Waals surface area contributed by atoms with Gasteiger partial charge < -0.3 is 10.2 Å². The van der Waals surface area contributed by atoms with Gasteiger partial charge in [0.15, 0.2) is 0 Å². The number of nitrogens with zero attached hydrogens (tertiary/aromatic N) is 2. The molecule has 4 aromatic rings. The summed E-state index contributed by atoms with van der Waals surface area (Å²) in [5.74, 6) is -0.617. The first kappa shape index (κ1) is 34.7. The molecule has 46 heavy (non-hydrogen) atoms. The van der Waals surface area contributed by atoms with E-state index in [2.05, 4.69) is 19.2 Å². The summed E-state index contributed by atoms with van der Waals surface area (Å²) in [6.07, 6.45) is 0.936. The Kier molecular flexibility index (Phi) is 12.0. The molecule has 0 saturated heterocycles. The predicted octanol–water partition coefficient (Wildman–Crippen LogP) is 7.21. The van der Waals surface area contributed by atoms with Crippen LogP contribution in [0.5, 0.6) is 0 Å². The van der Waals surface area contributed by atoms with Crippen LogP contribution in [0.25, 0.3) is 0 Å².